The van der Waals surface area contributed by atoms with E-state index in [1.807, 2.05) is 52.2 Å². The Balaban J connectivity index is 0.00000320. The number of aromatic nitrogens is 2. The van der Waals surface area contributed by atoms with Crippen LogP contribution in [0.2, 0.25) is 0 Å². The third-order valence-electron chi connectivity index (χ3n) is 5.41. The van der Waals surface area contributed by atoms with Crippen LogP contribution in [0.3, 0.4) is 0 Å². The number of amides is 1. The van der Waals surface area contributed by atoms with Crippen LogP contribution in [0.1, 0.15) is 52.0 Å². The van der Waals surface area contributed by atoms with E-state index >= 15 is 0 Å². The Morgan fingerprint density at radius 2 is 1.97 bits per heavy atom. The van der Waals surface area contributed by atoms with Crippen molar-refractivity contribution in [3.63, 3.8) is 0 Å². The van der Waals surface area contributed by atoms with Crippen LogP contribution >= 0.6 is 24.0 Å². The maximum atomic E-state index is 12.8. The minimum Gasteiger partial charge on any atom is -0.444 e. The minimum atomic E-state index is -0.460. The summed E-state index contributed by atoms with van der Waals surface area (Å²) in [5.74, 6) is 1.55. The molecule has 3 rings (SSSR count). The van der Waals surface area contributed by atoms with Crippen molar-refractivity contribution in [1.82, 2.24) is 24.9 Å². The summed E-state index contributed by atoms with van der Waals surface area (Å²) in [5.41, 5.74) is 0.668. The fourth-order valence-electron chi connectivity index (χ4n) is 3.74. The van der Waals surface area contributed by atoms with Crippen LogP contribution < -0.4 is 5.32 Å². The highest BCUT2D eigenvalue weighted by Crippen LogP contribution is 2.32. The van der Waals surface area contributed by atoms with Gasteiger partial charge in [0, 0.05) is 58.1 Å². The van der Waals surface area contributed by atoms with Gasteiger partial charge in [-0.2, -0.15) is 5.10 Å². The molecule has 0 aromatic carbocycles. The summed E-state index contributed by atoms with van der Waals surface area (Å²) in [6.07, 6.45) is 8.01. The lowest BCUT2D eigenvalue weighted by Gasteiger charge is -2.40. The van der Waals surface area contributed by atoms with E-state index in [1.54, 1.807) is 4.68 Å². The second-order valence-corrected chi connectivity index (χ2v) is 9.22. The molecule has 1 aliphatic carbocycles. The van der Waals surface area contributed by atoms with Crippen molar-refractivity contribution >= 4 is 36.0 Å². The zero-order valence-corrected chi connectivity index (χ0v) is 21.3. The summed E-state index contributed by atoms with van der Waals surface area (Å²) < 4.78 is 7.50. The normalized spacial score (nSPS) is 18.0. The average Bonchev–Trinajstić information content (AvgIpc) is 3.39. The number of carbonyl (C=O) groups excluding carboxylic acids is 1. The average molecular weight is 532 g/mol. The van der Waals surface area contributed by atoms with Gasteiger partial charge in [0.2, 0.25) is 0 Å². The van der Waals surface area contributed by atoms with Crippen LogP contribution in [0.5, 0.6) is 0 Å². The first-order chi connectivity index (χ1) is 13.7. The number of likely N-dealkylation sites (tertiary alicyclic amines) is 1. The number of aryl methyl sites for hydroxylation is 1. The lowest BCUT2D eigenvalue weighted by Crippen LogP contribution is -2.52. The summed E-state index contributed by atoms with van der Waals surface area (Å²) in [7, 11) is 3.74. The molecule has 170 valence electrons. The van der Waals surface area contributed by atoms with Crippen LogP contribution in [-0.2, 0) is 18.3 Å². The minimum absolute atomic E-state index is 0. The summed E-state index contributed by atoms with van der Waals surface area (Å²) in [4.78, 5) is 21.5. The Kier molecular flexibility index (Phi) is 8.81. The van der Waals surface area contributed by atoms with E-state index < -0.39 is 5.60 Å². The quantitative estimate of drug-likeness (QED) is 0.358. The first-order valence-corrected chi connectivity index (χ1v) is 10.7. The molecule has 2 aliphatic rings. The fraction of sp³-hybridized carbons (Fsp3) is 0.762. The van der Waals surface area contributed by atoms with E-state index in [0.29, 0.717) is 12.5 Å². The molecule has 1 aromatic heterocycles. The first-order valence-electron chi connectivity index (χ1n) is 10.7. The van der Waals surface area contributed by atoms with Gasteiger partial charge in [-0.1, -0.05) is 0 Å². The van der Waals surface area contributed by atoms with Crippen molar-refractivity contribution in [2.24, 2.45) is 18.0 Å². The molecule has 0 atom stereocenters. The SMILES string of the molecule is CN=C(NCc1cnn(C)c1)N1CCC(N(CC2CC2)C(=O)OC(C)(C)C)CC1.I. The smallest absolute Gasteiger partial charge is 0.410 e. The third-order valence-corrected chi connectivity index (χ3v) is 5.41. The summed E-state index contributed by atoms with van der Waals surface area (Å²) in [6, 6.07) is 0.234. The summed E-state index contributed by atoms with van der Waals surface area (Å²) >= 11 is 0. The molecule has 8 nitrogen and oxygen atoms in total. The number of aliphatic imine (C=N–C) groups is 1. The predicted molar refractivity (Wildman–Crippen MR) is 129 cm³/mol. The Morgan fingerprint density at radius 1 is 1.30 bits per heavy atom. The van der Waals surface area contributed by atoms with E-state index in [9.17, 15) is 4.79 Å². The number of nitrogens with zero attached hydrogens (tertiary/aromatic N) is 5. The number of guanidine groups is 1. The molecule has 1 aromatic rings. The molecule has 0 unspecified atom stereocenters. The van der Waals surface area contributed by atoms with E-state index in [0.717, 1.165) is 44.0 Å². The molecule has 1 N–H and O–H groups in total. The largest absolute Gasteiger partial charge is 0.444 e. The summed E-state index contributed by atoms with van der Waals surface area (Å²) in [6.45, 7) is 9.07. The van der Waals surface area contributed by atoms with Gasteiger partial charge in [0.15, 0.2) is 5.96 Å². The zero-order chi connectivity index (χ0) is 21.0. The molecule has 0 radical (unpaired) electrons. The van der Waals surface area contributed by atoms with E-state index in [4.69, 9.17) is 4.74 Å². The van der Waals surface area contributed by atoms with Gasteiger partial charge in [-0.15, -0.1) is 24.0 Å². The monoisotopic (exact) mass is 532 g/mol. The molecule has 0 bridgehead atoms. The van der Waals surface area contributed by atoms with Crippen molar-refractivity contribution in [2.75, 3.05) is 26.7 Å². The molecular weight excluding hydrogens is 495 g/mol. The molecule has 9 heteroatoms. The number of hydrogen-bond acceptors (Lipinski definition) is 4. The maximum absolute atomic E-state index is 12.8. The van der Waals surface area contributed by atoms with Crippen molar-refractivity contribution < 1.29 is 9.53 Å². The van der Waals surface area contributed by atoms with Crippen LogP contribution in [0, 0.1) is 5.92 Å². The highest BCUT2D eigenvalue weighted by Gasteiger charge is 2.35. The van der Waals surface area contributed by atoms with E-state index in [-0.39, 0.29) is 36.1 Å². The van der Waals surface area contributed by atoms with Gasteiger partial charge in [-0.05, 0) is 52.4 Å². The van der Waals surface area contributed by atoms with Gasteiger partial charge < -0.3 is 19.9 Å². The highest BCUT2D eigenvalue weighted by molar-refractivity contribution is 14.0. The Hall–Kier alpha value is -1.52. The first kappa shape index (κ1) is 24.7. The highest BCUT2D eigenvalue weighted by atomic mass is 127. The van der Waals surface area contributed by atoms with E-state index in [2.05, 4.69) is 20.3 Å². The molecule has 1 saturated heterocycles. The maximum Gasteiger partial charge on any atom is 0.410 e. The number of hydrogen-bond donors (Lipinski definition) is 1. The zero-order valence-electron chi connectivity index (χ0n) is 18.9. The topological polar surface area (TPSA) is 75.0 Å². The number of piperidine rings is 1. The van der Waals surface area contributed by atoms with Crippen molar-refractivity contribution in [2.45, 2.75) is 64.6 Å². The Labute approximate surface area is 197 Å². The summed E-state index contributed by atoms with van der Waals surface area (Å²) in [5, 5.41) is 7.63. The number of nitrogens with one attached hydrogen (secondary N) is 1. The van der Waals surface area contributed by atoms with Crippen LogP contribution in [0.25, 0.3) is 0 Å². The van der Waals surface area contributed by atoms with Crippen molar-refractivity contribution in [3.05, 3.63) is 18.0 Å². The van der Waals surface area contributed by atoms with Gasteiger partial charge >= 0.3 is 6.09 Å². The standard InChI is InChI=1S/C21H36N6O2.HI/c1-21(2,3)29-20(28)27(15-16-6-7-16)18-8-10-26(11-9-18)19(22-4)23-12-17-13-24-25(5)14-17;/h13-14,16,18H,6-12,15H2,1-5H3,(H,22,23);1H. The van der Waals surface area contributed by atoms with Gasteiger partial charge in [0.1, 0.15) is 5.60 Å². The molecule has 30 heavy (non-hydrogen) atoms. The number of halogens is 1. The molecule has 2 heterocycles. The molecule has 2 fully saturated rings. The van der Waals surface area contributed by atoms with E-state index in [1.165, 1.54) is 12.8 Å². The third kappa shape index (κ3) is 7.31. The molecule has 1 amide bonds. The second kappa shape index (κ2) is 10.7. The van der Waals surface area contributed by atoms with Gasteiger partial charge in [0.05, 0.1) is 6.20 Å². The van der Waals surface area contributed by atoms with Crippen LogP contribution in [0.15, 0.2) is 17.4 Å². The van der Waals surface area contributed by atoms with Crippen LogP contribution in [-0.4, -0.2) is 70.0 Å². The molecule has 1 saturated carbocycles. The van der Waals surface area contributed by atoms with Crippen molar-refractivity contribution in [1.29, 1.82) is 0 Å². The molecule has 1 aliphatic heterocycles. The Bertz CT molecular complexity index is 717. The number of rotatable bonds is 5. The molecule has 0 spiro atoms. The van der Waals surface area contributed by atoms with Crippen LogP contribution in [0.4, 0.5) is 4.79 Å². The lowest BCUT2D eigenvalue weighted by molar-refractivity contribution is 0.00928. The van der Waals surface area contributed by atoms with Gasteiger partial charge in [-0.3, -0.25) is 9.67 Å². The second-order valence-electron chi connectivity index (χ2n) is 9.22. The molecular formula is C21H37IN6O2. The number of carbonyl (C=O) groups is 1. The van der Waals surface area contributed by atoms with Gasteiger partial charge in [-0.25, -0.2) is 4.79 Å². The fourth-order valence-corrected chi connectivity index (χ4v) is 3.74. The Morgan fingerprint density at radius 3 is 2.47 bits per heavy atom. The van der Waals surface area contributed by atoms with Crippen molar-refractivity contribution in [3.8, 4) is 0 Å². The predicted octanol–water partition coefficient (Wildman–Crippen LogP) is 3.23. The lowest BCUT2D eigenvalue weighted by atomic mass is 10.0. The van der Waals surface area contributed by atoms with Gasteiger partial charge in [0.25, 0.3) is 0 Å². The number of ether oxygens (including phenoxy) is 1.